The minimum Gasteiger partial charge on any atom is -0.484 e. The number of hydrogen-bond acceptors (Lipinski definition) is 4. The highest BCUT2D eigenvalue weighted by Crippen LogP contribution is 2.30. The summed E-state index contributed by atoms with van der Waals surface area (Å²) in [5.41, 5.74) is -0.152. The summed E-state index contributed by atoms with van der Waals surface area (Å²) in [6.45, 7) is -2.94. The predicted molar refractivity (Wildman–Crippen MR) is 68.6 cm³/mol. The summed E-state index contributed by atoms with van der Waals surface area (Å²) in [5, 5.41) is 10.7. The lowest BCUT2D eigenvalue weighted by atomic mass is 10.3. The Hall–Kier alpha value is -2.03. The van der Waals surface area contributed by atoms with Crippen molar-refractivity contribution in [3.8, 4) is 5.75 Å². The molecule has 2 aromatic rings. The fourth-order valence-electron chi connectivity index (χ4n) is 1.49. The minimum atomic E-state index is -2.72. The Morgan fingerprint density at radius 3 is 2.90 bits per heavy atom. The molecule has 1 aromatic carbocycles. The second-order valence-electron chi connectivity index (χ2n) is 3.69. The molecule has 0 radical (unpaired) electrons. The number of imidazole rings is 1. The molecule has 0 saturated heterocycles. The van der Waals surface area contributed by atoms with Crippen molar-refractivity contribution < 1.29 is 18.4 Å². The van der Waals surface area contributed by atoms with Gasteiger partial charge in [-0.25, -0.2) is 4.98 Å². The fraction of sp³-hybridized carbons (Fsp3) is 0.182. The van der Waals surface area contributed by atoms with Gasteiger partial charge in [0.1, 0.15) is 12.4 Å². The lowest BCUT2D eigenvalue weighted by molar-refractivity contribution is -0.385. The van der Waals surface area contributed by atoms with Crippen LogP contribution < -0.4 is 4.74 Å². The van der Waals surface area contributed by atoms with Crippen LogP contribution in [0.15, 0.2) is 35.1 Å². The van der Waals surface area contributed by atoms with Gasteiger partial charge < -0.3 is 4.74 Å². The molecule has 1 heterocycles. The van der Waals surface area contributed by atoms with Gasteiger partial charge in [-0.2, -0.15) is 8.78 Å². The third kappa shape index (κ3) is 3.10. The smallest absolute Gasteiger partial charge is 0.320 e. The van der Waals surface area contributed by atoms with E-state index >= 15 is 0 Å². The third-order valence-electron chi connectivity index (χ3n) is 2.44. The molecule has 0 bridgehead atoms. The lowest BCUT2D eigenvalue weighted by Gasteiger charge is -2.09. The van der Waals surface area contributed by atoms with Crippen molar-refractivity contribution in [3.05, 3.63) is 51.0 Å². The number of ether oxygens (including phenoxy) is 1. The van der Waals surface area contributed by atoms with E-state index in [4.69, 9.17) is 4.74 Å². The average molecular weight is 348 g/mol. The first-order valence-electron chi connectivity index (χ1n) is 5.35. The van der Waals surface area contributed by atoms with Crippen LogP contribution in [0, 0.1) is 10.1 Å². The molecule has 6 nitrogen and oxygen atoms in total. The number of halogens is 3. The maximum absolute atomic E-state index is 12.6. The Kier molecular flexibility index (Phi) is 4.28. The number of aromatic nitrogens is 2. The lowest BCUT2D eigenvalue weighted by Crippen LogP contribution is -2.07. The van der Waals surface area contributed by atoms with E-state index in [0.29, 0.717) is 9.04 Å². The van der Waals surface area contributed by atoms with Crippen LogP contribution in [0.4, 0.5) is 14.5 Å². The van der Waals surface area contributed by atoms with Gasteiger partial charge in [0.15, 0.2) is 5.82 Å². The zero-order valence-corrected chi connectivity index (χ0v) is 11.5. The van der Waals surface area contributed by atoms with Gasteiger partial charge in [0.05, 0.1) is 15.5 Å². The van der Waals surface area contributed by atoms with Crippen LogP contribution in [0.25, 0.3) is 0 Å². The standard InChI is InChI=1S/C11H8BrF2N3O3/c12-8-2-1-7(17(18)19)5-9(8)20-6-10-15-3-4-16(10)11(13)14/h1-5,11H,6H2. The third-order valence-corrected chi connectivity index (χ3v) is 3.10. The summed E-state index contributed by atoms with van der Waals surface area (Å²) in [6, 6.07) is 3.96. The van der Waals surface area contributed by atoms with Gasteiger partial charge in [-0.3, -0.25) is 14.7 Å². The van der Waals surface area contributed by atoms with Crippen LogP contribution in [0.5, 0.6) is 5.75 Å². The number of hydrogen-bond donors (Lipinski definition) is 0. The second kappa shape index (κ2) is 5.95. The normalized spacial score (nSPS) is 10.8. The van der Waals surface area contributed by atoms with Crippen molar-refractivity contribution in [1.82, 2.24) is 9.55 Å². The van der Waals surface area contributed by atoms with Gasteiger partial charge in [-0.05, 0) is 22.0 Å². The Bertz CT molecular complexity index is 633. The molecule has 0 fully saturated rings. The molecule has 106 valence electrons. The van der Waals surface area contributed by atoms with Crippen molar-refractivity contribution in [3.63, 3.8) is 0 Å². The van der Waals surface area contributed by atoms with E-state index in [2.05, 4.69) is 20.9 Å². The zero-order valence-electron chi connectivity index (χ0n) is 9.87. The van der Waals surface area contributed by atoms with Crippen LogP contribution >= 0.6 is 15.9 Å². The number of nitrogens with zero attached hydrogens (tertiary/aromatic N) is 3. The van der Waals surface area contributed by atoms with Crippen molar-refractivity contribution >= 4 is 21.6 Å². The molecule has 0 aliphatic carbocycles. The number of nitro benzene ring substituents is 1. The quantitative estimate of drug-likeness (QED) is 0.612. The van der Waals surface area contributed by atoms with Gasteiger partial charge in [0.2, 0.25) is 0 Å². The van der Waals surface area contributed by atoms with Crippen molar-refractivity contribution in [2.75, 3.05) is 0 Å². The molecule has 0 aliphatic heterocycles. The second-order valence-corrected chi connectivity index (χ2v) is 4.54. The van der Waals surface area contributed by atoms with E-state index < -0.39 is 11.5 Å². The van der Waals surface area contributed by atoms with Gasteiger partial charge >= 0.3 is 6.55 Å². The number of alkyl halides is 2. The molecule has 0 N–H and O–H groups in total. The van der Waals surface area contributed by atoms with Gasteiger partial charge in [0, 0.05) is 18.5 Å². The molecule has 0 spiro atoms. The first kappa shape index (κ1) is 14.4. The summed E-state index contributed by atoms with van der Waals surface area (Å²) < 4.78 is 31.6. The molecule has 20 heavy (non-hydrogen) atoms. The fourth-order valence-corrected chi connectivity index (χ4v) is 1.85. The maximum Gasteiger partial charge on any atom is 0.320 e. The first-order chi connectivity index (χ1) is 9.49. The van der Waals surface area contributed by atoms with Crippen LogP contribution in [0.3, 0.4) is 0 Å². The van der Waals surface area contributed by atoms with Crippen molar-refractivity contribution in [2.45, 2.75) is 13.2 Å². The summed E-state index contributed by atoms with van der Waals surface area (Å²) in [6.07, 6.45) is 2.36. The van der Waals surface area contributed by atoms with Gasteiger partial charge in [-0.1, -0.05) is 0 Å². The molecule has 2 rings (SSSR count). The summed E-state index contributed by atoms with van der Waals surface area (Å²) in [5.74, 6) is 0.210. The summed E-state index contributed by atoms with van der Waals surface area (Å²) in [4.78, 5) is 13.8. The summed E-state index contributed by atoms with van der Waals surface area (Å²) in [7, 11) is 0. The maximum atomic E-state index is 12.6. The van der Waals surface area contributed by atoms with E-state index in [-0.39, 0.29) is 23.9 Å². The molecule has 1 aromatic heterocycles. The number of rotatable bonds is 5. The molecule has 0 unspecified atom stereocenters. The SMILES string of the molecule is O=[N+]([O-])c1ccc(Br)c(OCc2nccn2C(F)F)c1. The molecule has 0 amide bonds. The van der Waals surface area contributed by atoms with Crippen molar-refractivity contribution in [2.24, 2.45) is 0 Å². The number of nitro groups is 1. The molecule has 0 saturated carbocycles. The summed E-state index contributed by atoms with van der Waals surface area (Å²) >= 11 is 3.17. The van der Waals surface area contributed by atoms with Crippen LogP contribution in [0.1, 0.15) is 12.4 Å². The largest absolute Gasteiger partial charge is 0.484 e. The topological polar surface area (TPSA) is 70.2 Å². The molecular formula is C11H8BrF2N3O3. The highest BCUT2D eigenvalue weighted by atomic mass is 79.9. The Morgan fingerprint density at radius 2 is 2.25 bits per heavy atom. The monoisotopic (exact) mass is 347 g/mol. The van der Waals surface area contributed by atoms with E-state index in [9.17, 15) is 18.9 Å². The van der Waals surface area contributed by atoms with Crippen LogP contribution in [-0.2, 0) is 6.61 Å². The van der Waals surface area contributed by atoms with Crippen molar-refractivity contribution in [1.29, 1.82) is 0 Å². The van der Waals surface area contributed by atoms with E-state index in [1.807, 2.05) is 0 Å². The predicted octanol–water partition coefficient (Wildman–Crippen LogP) is 3.53. The Balaban J connectivity index is 2.16. The number of benzene rings is 1. The Morgan fingerprint density at radius 1 is 1.50 bits per heavy atom. The Labute approximate surface area is 120 Å². The first-order valence-corrected chi connectivity index (χ1v) is 6.15. The average Bonchev–Trinajstić information content (AvgIpc) is 2.86. The van der Waals surface area contributed by atoms with Crippen LogP contribution in [-0.4, -0.2) is 14.5 Å². The van der Waals surface area contributed by atoms with E-state index in [0.717, 1.165) is 6.20 Å². The molecule has 9 heteroatoms. The highest BCUT2D eigenvalue weighted by Gasteiger charge is 2.14. The molecule has 0 aliphatic rings. The minimum absolute atomic E-state index is 0.0263. The number of non-ortho nitro benzene ring substituents is 1. The van der Waals surface area contributed by atoms with E-state index in [1.165, 1.54) is 24.4 Å². The highest BCUT2D eigenvalue weighted by molar-refractivity contribution is 9.10. The van der Waals surface area contributed by atoms with E-state index in [1.54, 1.807) is 0 Å². The van der Waals surface area contributed by atoms with Crippen LogP contribution in [0.2, 0.25) is 0 Å². The molecular weight excluding hydrogens is 340 g/mol. The molecule has 0 atom stereocenters. The zero-order chi connectivity index (χ0) is 14.7. The van der Waals surface area contributed by atoms with Gasteiger partial charge in [0.25, 0.3) is 5.69 Å². The van der Waals surface area contributed by atoms with Gasteiger partial charge in [-0.15, -0.1) is 0 Å².